The Bertz CT molecular complexity index is 193. The second-order valence-electron chi connectivity index (χ2n) is 3.49. The van der Waals surface area contributed by atoms with Gasteiger partial charge in [-0.25, -0.2) is 4.79 Å². The van der Waals surface area contributed by atoms with Crippen LogP contribution in [0.4, 0.5) is 0 Å². The predicted molar refractivity (Wildman–Crippen MR) is 43.0 cm³/mol. The second kappa shape index (κ2) is 4.04. The molecule has 1 rings (SSSR count). The van der Waals surface area contributed by atoms with E-state index in [4.69, 9.17) is 15.3 Å². The maximum atomic E-state index is 10.4. The molecule has 4 atom stereocenters. The Labute approximate surface area is 75.6 Å². The van der Waals surface area contributed by atoms with Gasteiger partial charge in [-0.1, -0.05) is 0 Å². The lowest BCUT2D eigenvalue weighted by molar-refractivity contribution is -0.152. The van der Waals surface area contributed by atoms with E-state index >= 15 is 0 Å². The van der Waals surface area contributed by atoms with Crippen LogP contribution in [0.3, 0.4) is 0 Å². The standard InChI is InChI=1S/C8H14O5/c9-5-2-1-4(3-6(5)10)7(11)8(12)13/h4-7,9-11H,1-3H2,(H,12,13). The predicted octanol–water partition coefficient (Wildman–Crippen LogP) is -1.05. The molecule has 0 amide bonds. The van der Waals surface area contributed by atoms with Crippen molar-refractivity contribution in [2.24, 2.45) is 5.92 Å². The lowest BCUT2D eigenvalue weighted by Crippen LogP contribution is -2.40. The smallest absolute Gasteiger partial charge is 0.332 e. The van der Waals surface area contributed by atoms with E-state index in [1.54, 1.807) is 0 Å². The molecule has 0 bridgehead atoms. The van der Waals surface area contributed by atoms with E-state index in [0.29, 0.717) is 12.8 Å². The number of aliphatic hydroxyl groups is 3. The summed E-state index contributed by atoms with van der Waals surface area (Å²) in [5.74, 6) is -1.72. The van der Waals surface area contributed by atoms with Gasteiger partial charge in [-0.05, 0) is 25.2 Å². The van der Waals surface area contributed by atoms with E-state index in [0.717, 1.165) is 0 Å². The fourth-order valence-corrected chi connectivity index (χ4v) is 1.65. The summed E-state index contributed by atoms with van der Waals surface area (Å²) in [7, 11) is 0. The lowest BCUT2D eigenvalue weighted by Gasteiger charge is -2.31. The van der Waals surface area contributed by atoms with E-state index in [2.05, 4.69) is 0 Å². The third-order valence-corrected chi connectivity index (χ3v) is 2.52. The summed E-state index contributed by atoms with van der Waals surface area (Å²) in [6, 6.07) is 0. The number of hydrogen-bond donors (Lipinski definition) is 4. The molecular formula is C8H14O5. The molecule has 5 heteroatoms. The molecule has 0 heterocycles. The number of hydrogen-bond acceptors (Lipinski definition) is 4. The van der Waals surface area contributed by atoms with Crippen molar-refractivity contribution in [2.75, 3.05) is 0 Å². The fraction of sp³-hybridized carbons (Fsp3) is 0.875. The maximum Gasteiger partial charge on any atom is 0.332 e. The highest BCUT2D eigenvalue weighted by molar-refractivity contribution is 5.72. The number of rotatable bonds is 2. The highest BCUT2D eigenvalue weighted by atomic mass is 16.4. The number of carboxylic acid groups (broad SMARTS) is 1. The van der Waals surface area contributed by atoms with Gasteiger partial charge in [0.15, 0.2) is 6.10 Å². The average Bonchev–Trinajstić information content (AvgIpc) is 2.08. The third kappa shape index (κ3) is 2.40. The van der Waals surface area contributed by atoms with Crippen LogP contribution in [0.2, 0.25) is 0 Å². The highest BCUT2D eigenvalue weighted by Gasteiger charge is 2.34. The molecule has 0 saturated heterocycles. The maximum absolute atomic E-state index is 10.4. The molecule has 4 unspecified atom stereocenters. The van der Waals surface area contributed by atoms with Crippen molar-refractivity contribution < 1.29 is 25.2 Å². The van der Waals surface area contributed by atoms with Gasteiger partial charge in [-0.3, -0.25) is 0 Å². The van der Waals surface area contributed by atoms with Gasteiger partial charge in [0.1, 0.15) is 0 Å². The Balaban J connectivity index is 2.50. The number of carboxylic acids is 1. The number of aliphatic carboxylic acids is 1. The first kappa shape index (κ1) is 10.4. The first-order chi connectivity index (χ1) is 6.02. The number of carbonyl (C=O) groups is 1. The van der Waals surface area contributed by atoms with Crippen LogP contribution in [-0.2, 0) is 4.79 Å². The van der Waals surface area contributed by atoms with Gasteiger partial charge in [0.2, 0.25) is 0 Å². The van der Waals surface area contributed by atoms with E-state index in [1.807, 2.05) is 0 Å². The van der Waals surface area contributed by atoms with Crippen LogP contribution in [0.25, 0.3) is 0 Å². The van der Waals surface area contributed by atoms with Crippen molar-refractivity contribution >= 4 is 5.97 Å². The zero-order valence-corrected chi connectivity index (χ0v) is 7.13. The van der Waals surface area contributed by atoms with E-state index in [1.165, 1.54) is 0 Å². The van der Waals surface area contributed by atoms with Crippen molar-refractivity contribution in [3.05, 3.63) is 0 Å². The minimum atomic E-state index is -1.43. The Morgan fingerprint density at radius 2 is 1.85 bits per heavy atom. The van der Waals surface area contributed by atoms with Gasteiger partial charge in [0, 0.05) is 0 Å². The van der Waals surface area contributed by atoms with Crippen molar-refractivity contribution in [3.63, 3.8) is 0 Å². The van der Waals surface area contributed by atoms with Crippen LogP contribution in [-0.4, -0.2) is 44.7 Å². The summed E-state index contributed by atoms with van der Waals surface area (Å²) < 4.78 is 0. The molecule has 1 saturated carbocycles. The van der Waals surface area contributed by atoms with Crippen LogP contribution in [0.5, 0.6) is 0 Å². The van der Waals surface area contributed by atoms with E-state index in [9.17, 15) is 9.90 Å². The molecule has 5 nitrogen and oxygen atoms in total. The van der Waals surface area contributed by atoms with Gasteiger partial charge >= 0.3 is 5.97 Å². The molecule has 0 aliphatic heterocycles. The Morgan fingerprint density at radius 1 is 1.23 bits per heavy atom. The molecule has 0 aromatic rings. The summed E-state index contributed by atoms with van der Waals surface area (Å²) in [5.41, 5.74) is 0. The van der Waals surface area contributed by atoms with Crippen LogP contribution in [0.15, 0.2) is 0 Å². The molecule has 0 radical (unpaired) electrons. The first-order valence-corrected chi connectivity index (χ1v) is 4.29. The largest absolute Gasteiger partial charge is 0.479 e. The molecule has 0 spiro atoms. The summed E-state index contributed by atoms with van der Waals surface area (Å²) in [5, 5.41) is 36.0. The molecule has 1 aliphatic carbocycles. The first-order valence-electron chi connectivity index (χ1n) is 4.29. The zero-order valence-electron chi connectivity index (χ0n) is 7.13. The van der Waals surface area contributed by atoms with Crippen molar-refractivity contribution in [2.45, 2.75) is 37.6 Å². The van der Waals surface area contributed by atoms with E-state index < -0.39 is 30.2 Å². The molecule has 0 aromatic carbocycles. The van der Waals surface area contributed by atoms with Gasteiger partial charge in [0.05, 0.1) is 12.2 Å². The molecule has 1 aliphatic rings. The van der Waals surface area contributed by atoms with Gasteiger partial charge in [-0.2, -0.15) is 0 Å². The van der Waals surface area contributed by atoms with Crippen LogP contribution in [0.1, 0.15) is 19.3 Å². The summed E-state index contributed by atoms with van der Waals surface area (Å²) in [4.78, 5) is 10.4. The third-order valence-electron chi connectivity index (χ3n) is 2.52. The Hall–Kier alpha value is -0.650. The highest BCUT2D eigenvalue weighted by Crippen LogP contribution is 2.27. The molecule has 0 aromatic heterocycles. The van der Waals surface area contributed by atoms with Gasteiger partial charge in [-0.15, -0.1) is 0 Å². The lowest BCUT2D eigenvalue weighted by atomic mass is 9.82. The molecule has 4 N–H and O–H groups in total. The molecule has 1 fully saturated rings. The normalized spacial score (nSPS) is 37.0. The zero-order chi connectivity index (χ0) is 10.0. The summed E-state index contributed by atoms with van der Waals surface area (Å²) >= 11 is 0. The average molecular weight is 190 g/mol. The topological polar surface area (TPSA) is 98.0 Å². The number of aliphatic hydroxyl groups excluding tert-OH is 3. The quantitative estimate of drug-likeness (QED) is 0.445. The summed E-state index contributed by atoms with van der Waals surface area (Å²) in [6.07, 6.45) is -2.19. The van der Waals surface area contributed by atoms with Crippen LogP contribution < -0.4 is 0 Å². The fourth-order valence-electron chi connectivity index (χ4n) is 1.65. The van der Waals surface area contributed by atoms with Crippen molar-refractivity contribution in [1.29, 1.82) is 0 Å². The molecular weight excluding hydrogens is 176 g/mol. The molecule has 76 valence electrons. The minimum Gasteiger partial charge on any atom is -0.479 e. The minimum absolute atomic E-state index is 0.147. The second-order valence-corrected chi connectivity index (χ2v) is 3.49. The Kier molecular flexibility index (Phi) is 3.24. The van der Waals surface area contributed by atoms with Crippen molar-refractivity contribution in [1.82, 2.24) is 0 Å². The van der Waals surface area contributed by atoms with E-state index in [-0.39, 0.29) is 6.42 Å². The van der Waals surface area contributed by atoms with Gasteiger partial charge in [0.25, 0.3) is 0 Å². The van der Waals surface area contributed by atoms with Crippen molar-refractivity contribution in [3.8, 4) is 0 Å². The summed E-state index contributed by atoms with van der Waals surface area (Å²) in [6.45, 7) is 0. The van der Waals surface area contributed by atoms with Crippen LogP contribution in [0, 0.1) is 5.92 Å². The van der Waals surface area contributed by atoms with Crippen LogP contribution >= 0.6 is 0 Å². The van der Waals surface area contributed by atoms with Gasteiger partial charge < -0.3 is 20.4 Å². The molecule has 13 heavy (non-hydrogen) atoms. The monoisotopic (exact) mass is 190 g/mol. The Morgan fingerprint density at radius 3 is 2.31 bits per heavy atom. The SMILES string of the molecule is O=C(O)C(O)C1CCC(O)C(O)C1.